The maximum Gasteiger partial charge on any atom is 0.269 e. The van der Waals surface area contributed by atoms with E-state index in [1.54, 1.807) is 42.5 Å². The Morgan fingerprint density at radius 1 is 1.18 bits per heavy atom. The number of nitro groups is 1. The fourth-order valence-electron chi connectivity index (χ4n) is 3.37. The monoisotopic (exact) mass is 458 g/mol. The Morgan fingerprint density at radius 3 is 2.56 bits per heavy atom. The molecule has 0 atom stereocenters. The predicted octanol–water partition coefficient (Wildman–Crippen LogP) is 6.50. The fraction of sp³-hybridized carbons (Fsp3) is 0.148. The van der Waals surface area contributed by atoms with Crippen LogP contribution in [0.5, 0.6) is 11.5 Å². The highest BCUT2D eigenvalue weighted by atomic mass is 19.1. The molecule has 0 unspecified atom stereocenters. The summed E-state index contributed by atoms with van der Waals surface area (Å²) in [6.07, 6.45) is 3.89. The molecular formula is C27H23FN2O4. The van der Waals surface area contributed by atoms with Gasteiger partial charge in [0.2, 0.25) is 0 Å². The molecule has 0 radical (unpaired) electrons. The molecule has 7 heteroatoms. The summed E-state index contributed by atoms with van der Waals surface area (Å²) in [5.74, 6) is 0.601. The zero-order valence-electron chi connectivity index (χ0n) is 18.7. The average Bonchev–Trinajstić information content (AvgIpc) is 2.82. The standard InChI is InChI=1S/C27H23FN2O4/c1-3-6-22-13-20(14-23(17-29)21-7-5-8-24(28)16-21)15-26(33-4-2)27(22)34-18-19-9-11-25(12-10-19)30(31)32/h3,5,7-16H,1,4,6,18H2,2H3/b23-14-. The van der Waals surface area contributed by atoms with Crippen molar-refractivity contribution in [1.82, 2.24) is 0 Å². The molecule has 0 heterocycles. The Labute approximate surface area is 197 Å². The summed E-state index contributed by atoms with van der Waals surface area (Å²) in [5, 5.41) is 20.5. The molecule has 0 saturated heterocycles. The lowest BCUT2D eigenvalue weighted by Gasteiger charge is -2.17. The molecule has 3 aromatic rings. The molecule has 0 aliphatic heterocycles. The Balaban J connectivity index is 1.97. The van der Waals surface area contributed by atoms with Crippen LogP contribution in [0.25, 0.3) is 11.6 Å². The molecule has 0 bridgehead atoms. The Bertz CT molecular complexity index is 1260. The average molecular weight is 458 g/mol. The number of non-ortho nitro benzene ring substituents is 1. The number of ether oxygens (including phenoxy) is 2. The molecule has 0 aromatic heterocycles. The van der Waals surface area contributed by atoms with E-state index in [-0.39, 0.29) is 12.3 Å². The lowest BCUT2D eigenvalue weighted by Crippen LogP contribution is -2.03. The Kier molecular flexibility index (Phi) is 8.14. The molecule has 0 aliphatic carbocycles. The summed E-state index contributed by atoms with van der Waals surface area (Å²) in [5.41, 5.74) is 3.05. The van der Waals surface area contributed by atoms with Gasteiger partial charge in [0, 0.05) is 17.7 Å². The normalized spacial score (nSPS) is 10.9. The lowest BCUT2D eigenvalue weighted by molar-refractivity contribution is -0.384. The van der Waals surface area contributed by atoms with Gasteiger partial charge in [0.1, 0.15) is 12.4 Å². The largest absolute Gasteiger partial charge is 0.490 e. The van der Waals surface area contributed by atoms with Gasteiger partial charge in [-0.15, -0.1) is 6.58 Å². The number of hydrogen-bond acceptors (Lipinski definition) is 5. The van der Waals surface area contributed by atoms with E-state index in [1.165, 1.54) is 24.3 Å². The van der Waals surface area contributed by atoms with Gasteiger partial charge in [-0.1, -0.05) is 18.2 Å². The SMILES string of the molecule is C=CCc1cc(/C=C(/C#N)c2cccc(F)c2)cc(OCC)c1OCc1ccc([N+](=O)[O-])cc1. The van der Waals surface area contributed by atoms with Gasteiger partial charge in [0.15, 0.2) is 11.5 Å². The summed E-state index contributed by atoms with van der Waals surface area (Å²) >= 11 is 0. The maximum absolute atomic E-state index is 13.7. The number of allylic oxidation sites excluding steroid dienone is 2. The molecule has 0 amide bonds. The van der Waals surface area contributed by atoms with Gasteiger partial charge in [-0.2, -0.15) is 5.26 Å². The van der Waals surface area contributed by atoms with Crippen LogP contribution >= 0.6 is 0 Å². The molecule has 0 saturated carbocycles. The van der Waals surface area contributed by atoms with Crippen molar-refractivity contribution in [3.63, 3.8) is 0 Å². The van der Waals surface area contributed by atoms with E-state index in [0.29, 0.717) is 41.2 Å². The Hall–Kier alpha value is -4.44. The van der Waals surface area contributed by atoms with Gasteiger partial charge < -0.3 is 9.47 Å². The highest BCUT2D eigenvalue weighted by Crippen LogP contribution is 2.36. The minimum atomic E-state index is -0.453. The molecule has 0 spiro atoms. The molecule has 34 heavy (non-hydrogen) atoms. The smallest absolute Gasteiger partial charge is 0.269 e. The van der Waals surface area contributed by atoms with E-state index in [0.717, 1.165) is 11.1 Å². The minimum Gasteiger partial charge on any atom is -0.490 e. The van der Waals surface area contributed by atoms with Gasteiger partial charge in [-0.05, 0) is 72.5 Å². The van der Waals surface area contributed by atoms with Crippen LogP contribution in [-0.4, -0.2) is 11.5 Å². The van der Waals surface area contributed by atoms with Crippen LogP contribution in [0.1, 0.15) is 29.2 Å². The van der Waals surface area contributed by atoms with Crippen molar-refractivity contribution in [1.29, 1.82) is 5.26 Å². The molecule has 172 valence electrons. The van der Waals surface area contributed by atoms with Crippen molar-refractivity contribution in [3.05, 3.63) is 112 Å². The summed E-state index contributed by atoms with van der Waals surface area (Å²) in [4.78, 5) is 10.4. The zero-order valence-corrected chi connectivity index (χ0v) is 18.7. The maximum atomic E-state index is 13.7. The second-order valence-electron chi connectivity index (χ2n) is 7.33. The van der Waals surface area contributed by atoms with Crippen molar-refractivity contribution >= 4 is 17.3 Å². The molecule has 0 N–H and O–H groups in total. The van der Waals surface area contributed by atoms with Crippen molar-refractivity contribution in [3.8, 4) is 17.6 Å². The van der Waals surface area contributed by atoms with Crippen molar-refractivity contribution in [2.75, 3.05) is 6.61 Å². The first kappa shape index (κ1) is 24.2. The van der Waals surface area contributed by atoms with Gasteiger partial charge in [0.05, 0.1) is 23.2 Å². The topological polar surface area (TPSA) is 85.4 Å². The van der Waals surface area contributed by atoms with E-state index in [9.17, 15) is 19.8 Å². The van der Waals surface area contributed by atoms with E-state index in [1.807, 2.05) is 13.0 Å². The quantitative estimate of drug-likeness (QED) is 0.114. The summed E-state index contributed by atoms with van der Waals surface area (Å²) in [7, 11) is 0. The highest BCUT2D eigenvalue weighted by Gasteiger charge is 2.14. The summed E-state index contributed by atoms with van der Waals surface area (Å²) < 4.78 is 25.5. The molecule has 0 aliphatic rings. The summed E-state index contributed by atoms with van der Waals surface area (Å²) in [6, 6.07) is 17.8. The molecular weight excluding hydrogens is 435 g/mol. The van der Waals surface area contributed by atoms with Gasteiger partial charge in [-0.3, -0.25) is 10.1 Å². The second-order valence-corrected chi connectivity index (χ2v) is 7.33. The first-order valence-corrected chi connectivity index (χ1v) is 10.6. The molecule has 6 nitrogen and oxygen atoms in total. The van der Waals surface area contributed by atoms with Crippen molar-refractivity contribution < 1.29 is 18.8 Å². The third-order valence-corrected chi connectivity index (χ3v) is 4.92. The number of benzene rings is 3. The van der Waals surface area contributed by atoms with Crippen LogP contribution in [-0.2, 0) is 13.0 Å². The first-order valence-electron chi connectivity index (χ1n) is 10.6. The predicted molar refractivity (Wildman–Crippen MR) is 129 cm³/mol. The van der Waals surface area contributed by atoms with Crippen LogP contribution < -0.4 is 9.47 Å². The number of hydrogen-bond donors (Lipinski definition) is 0. The van der Waals surface area contributed by atoms with Crippen LogP contribution in [0, 0.1) is 27.3 Å². The molecule has 0 fully saturated rings. The number of nitro benzene ring substituents is 1. The van der Waals surface area contributed by atoms with E-state index in [4.69, 9.17) is 9.47 Å². The van der Waals surface area contributed by atoms with Gasteiger partial charge >= 0.3 is 0 Å². The van der Waals surface area contributed by atoms with Crippen LogP contribution in [0.4, 0.5) is 10.1 Å². The van der Waals surface area contributed by atoms with E-state index < -0.39 is 10.7 Å². The lowest BCUT2D eigenvalue weighted by atomic mass is 10.0. The number of halogens is 1. The number of nitriles is 1. The number of nitrogens with zero attached hydrogens (tertiary/aromatic N) is 2. The third kappa shape index (κ3) is 6.08. The van der Waals surface area contributed by atoms with E-state index >= 15 is 0 Å². The summed E-state index contributed by atoms with van der Waals surface area (Å²) in [6.45, 7) is 6.24. The van der Waals surface area contributed by atoms with Gasteiger partial charge in [0.25, 0.3) is 5.69 Å². The third-order valence-electron chi connectivity index (χ3n) is 4.92. The van der Waals surface area contributed by atoms with Crippen LogP contribution in [0.15, 0.2) is 73.3 Å². The molecule has 3 rings (SSSR count). The second kappa shape index (κ2) is 11.4. The highest BCUT2D eigenvalue weighted by molar-refractivity contribution is 5.90. The molecule has 3 aromatic carbocycles. The minimum absolute atomic E-state index is 0.00818. The fourth-order valence-corrected chi connectivity index (χ4v) is 3.37. The van der Waals surface area contributed by atoms with Crippen molar-refractivity contribution in [2.45, 2.75) is 20.0 Å². The van der Waals surface area contributed by atoms with Crippen molar-refractivity contribution in [2.24, 2.45) is 0 Å². The van der Waals surface area contributed by atoms with Gasteiger partial charge in [-0.25, -0.2) is 4.39 Å². The zero-order chi connectivity index (χ0) is 24.5. The Morgan fingerprint density at radius 2 is 1.94 bits per heavy atom. The van der Waals surface area contributed by atoms with Crippen LogP contribution in [0.3, 0.4) is 0 Å². The first-order chi connectivity index (χ1) is 16.4. The van der Waals surface area contributed by atoms with E-state index in [2.05, 4.69) is 12.6 Å². The van der Waals surface area contributed by atoms with Crippen LogP contribution in [0.2, 0.25) is 0 Å². The number of rotatable bonds is 10.